The average molecular weight is 408 g/mol. The summed E-state index contributed by atoms with van der Waals surface area (Å²) in [6, 6.07) is 4.58. The van der Waals surface area contributed by atoms with Gasteiger partial charge in [-0.3, -0.25) is 4.90 Å². The minimum Gasteiger partial charge on any atom is -0.395 e. The van der Waals surface area contributed by atoms with E-state index >= 15 is 0 Å². The second-order valence-electron chi connectivity index (χ2n) is 6.05. The van der Waals surface area contributed by atoms with Crippen molar-refractivity contribution in [2.24, 2.45) is 0 Å². The van der Waals surface area contributed by atoms with Crippen LogP contribution in [0.4, 0.5) is 22.0 Å². The molecule has 2 aromatic rings. The van der Waals surface area contributed by atoms with E-state index in [0.717, 1.165) is 6.42 Å². The molecule has 0 aliphatic heterocycles. The van der Waals surface area contributed by atoms with Crippen molar-refractivity contribution in [3.8, 4) is 0 Å². The molecule has 148 valence electrons. The summed E-state index contributed by atoms with van der Waals surface area (Å²) in [5, 5.41) is 9.71. The largest absolute Gasteiger partial charge is 0.395 e. The number of hydrogen-bond acceptors (Lipinski definition) is 2. The summed E-state index contributed by atoms with van der Waals surface area (Å²) in [6.07, 6.45) is 1.35. The third-order valence-electron chi connectivity index (χ3n) is 4.25. The Morgan fingerprint density at radius 2 is 1.41 bits per heavy atom. The fourth-order valence-corrected chi connectivity index (χ4v) is 3.05. The first-order chi connectivity index (χ1) is 12.8. The van der Waals surface area contributed by atoms with Crippen LogP contribution in [0.5, 0.6) is 0 Å². The molecule has 0 unspecified atom stereocenters. The Labute approximate surface area is 159 Å². The van der Waals surface area contributed by atoms with Gasteiger partial charge >= 0.3 is 0 Å². The number of aliphatic hydroxyl groups is 1. The molecule has 2 rings (SSSR count). The van der Waals surface area contributed by atoms with Gasteiger partial charge < -0.3 is 5.11 Å². The summed E-state index contributed by atoms with van der Waals surface area (Å²) in [7, 11) is 0. The van der Waals surface area contributed by atoms with Crippen molar-refractivity contribution in [2.45, 2.75) is 25.8 Å². The van der Waals surface area contributed by atoms with Gasteiger partial charge in [0.25, 0.3) is 0 Å². The van der Waals surface area contributed by atoms with Crippen molar-refractivity contribution in [2.75, 3.05) is 19.7 Å². The van der Waals surface area contributed by atoms with Gasteiger partial charge in [-0.1, -0.05) is 37.1 Å². The van der Waals surface area contributed by atoms with Gasteiger partial charge in [-0.2, -0.15) is 0 Å². The molecule has 2 nitrogen and oxygen atoms in total. The Kier molecular flexibility index (Phi) is 7.59. The number of benzene rings is 2. The molecule has 0 amide bonds. The summed E-state index contributed by atoms with van der Waals surface area (Å²) < 4.78 is 70.1. The first-order valence-corrected chi connectivity index (χ1v) is 8.82. The molecule has 0 aromatic heterocycles. The van der Waals surface area contributed by atoms with Crippen molar-refractivity contribution in [1.29, 1.82) is 0 Å². The van der Waals surface area contributed by atoms with E-state index in [2.05, 4.69) is 0 Å². The van der Waals surface area contributed by atoms with Gasteiger partial charge in [0.15, 0.2) is 23.3 Å². The van der Waals surface area contributed by atoms with Gasteiger partial charge in [0.2, 0.25) is 5.82 Å². The van der Waals surface area contributed by atoms with Gasteiger partial charge in [0.05, 0.1) is 18.2 Å². The average Bonchev–Trinajstić information content (AvgIpc) is 2.66. The summed E-state index contributed by atoms with van der Waals surface area (Å²) in [5.74, 6) is -9.97. The second-order valence-corrected chi connectivity index (χ2v) is 6.49. The van der Waals surface area contributed by atoms with Crippen molar-refractivity contribution in [3.05, 3.63) is 69.5 Å². The lowest BCUT2D eigenvalue weighted by atomic mass is 9.95. The van der Waals surface area contributed by atoms with Crippen molar-refractivity contribution in [3.63, 3.8) is 0 Å². The number of rotatable bonds is 8. The van der Waals surface area contributed by atoms with Crippen LogP contribution < -0.4 is 0 Å². The number of hydrogen-bond donors (Lipinski definition) is 1. The maximum atomic E-state index is 14.5. The van der Waals surface area contributed by atoms with E-state index in [9.17, 15) is 27.1 Å². The normalized spacial score (nSPS) is 12.6. The zero-order chi connectivity index (χ0) is 20.1. The maximum absolute atomic E-state index is 14.5. The van der Waals surface area contributed by atoms with Crippen molar-refractivity contribution >= 4 is 11.6 Å². The minimum atomic E-state index is -2.20. The number of aliphatic hydroxyl groups excluding tert-OH is 1. The lowest BCUT2D eigenvalue weighted by Crippen LogP contribution is -2.35. The molecule has 0 fully saturated rings. The van der Waals surface area contributed by atoms with E-state index in [0.29, 0.717) is 23.6 Å². The predicted octanol–water partition coefficient (Wildman–Crippen LogP) is 5.22. The predicted molar refractivity (Wildman–Crippen MR) is 93.1 cm³/mol. The highest BCUT2D eigenvalue weighted by atomic mass is 35.5. The van der Waals surface area contributed by atoms with Gasteiger partial charge in [0, 0.05) is 11.6 Å². The molecule has 1 N–H and O–H groups in total. The molecule has 8 heteroatoms. The monoisotopic (exact) mass is 407 g/mol. The van der Waals surface area contributed by atoms with Crippen molar-refractivity contribution < 1.29 is 27.1 Å². The Balaban J connectivity index is 2.71. The van der Waals surface area contributed by atoms with Crippen LogP contribution in [0.25, 0.3) is 0 Å². The van der Waals surface area contributed by atoms with Crippen LogP contribution >= 0.6 is 11.6 Å². The zero-order valence-electron chi connectivity index (χ0n) is 14.6. The fraction of sp³-hybridized carbons (Fsp3) is 0.368. The summed E-state index contributed by atoms with van der Waals surface area (Å²) in [6.45, 7) is 1.84. The molecule has 2 aromatic carbocycles. The Hall–Kier alpha value is -1.70. The highest BCUT2D eigenvalue weighted by molar-refractivity contribution is 6.30. The van der Waals surface area contributed by atoms with Crippen LogP contribution in [0.1, 0.15) is 36.9 Å². The lowest BCUT2D eigenvalue weighted by molar-refractivity contribution is 0.159. The van der Waals surface area contributed by atoms with Gasteiger partial charge in [-0.15, -0.1) is 0 Å². The van der Waals surface area contributed by atoms with Crippen LogP contribution in [-0.2, 0) is 0 Å². The third-order valence-corrected chi connectivity index (χ3v) is 4.51. The van der Waals surface area contributed by atoms with E-state index in [4.69, 9.17) is 11.6 Å². The second kappa shape index (κ2) is 9.48. The molecule has 0 aliphatic rings. The molecule has 0 aliphatic carbocycles. The zero-order valence-corrected chi connectivity index (χ0v) is 15.3. The van der Waals surface area contributed by atoms with E-state index in [1.54, 1.807) is 0 Å². The summed E-state index contributed by atoms with van der Waals surface area (Å²) in [5.41, 5.74) is -0.648. The maximum Gasteiger partial charge on any atom is 0.200 e. The Morgan fingerprint density at radius 1 is 0.889 bits per heavy atom. The number of unbranched alkanes of at least 4 members (excludes halogenated alkanes) is 1. The highest BCUT2D eigenvalue weighted by Crippen LogP contribution is 2.36. The van der Waals surface area contributed by atoms with E-state index < -0.39 is 40.7 Å². The smallest absolute Gasteiger partial charge is 0.200 e. The van der Waals surface area contributed by atoms with Crippen LogP contribution in [0, 0.1) is 29.1 Å². The Morgan fingerprint density at radius 3 is 1.89 bits per heavy atom. The quantitative estimate of drug-likeness (QED) is 0.368. The Bertz CT molecular complexity index is 756. The molecule has 0 heterocycles. The van der Waals surface area contributed by atoms with Crippen molar-refractivity contribution in [1.82, 2.24) is 4.90 Å². The lowest BCUT2D eigenvalue weighted by Gasteiger charge is -2.32. The van der Waals surface area contributed by atoms with E-state index in [-0.39, 0.29) is 13.2 Å². The van der Waals surface area contributed by atoms with Crippen LogP contribution in [-0.4, -0.2) is 29.7 Å². The molecule has 0 radical (unpaired) electrons. The number of halogens is 6. The van der Waals surface area contributed by atoms with E-state index in [1.165, 1.54) is 29.2 Å². The van der Waals surface area contributed by atoms with E-state index in [1.807, 2.05) is 6.92 Å². The first kappa shape index (κ1) is 21.6. The number of nitrogens with zero attached hydrogens (tertiary/aromatic N) is 1. The molecule has 0 saturated carbocycles. The molecule has 27 heavy (non-hydrogen) atoms. The molecular weight excluding hydrogens is 389 g/mol. The third kappa shape index (κ3) is 4.59. The van der Waals surface area contributed by atoms with Crippen LogP contribution in [0.3, 0.4) is 0 Å². The highest BCUT2D eigenvalue weighted by Gasteiger charge is 2.34. The molecule has 0 bridgehead atoms. The summed E-state index contributed by atoms with van der Waals surface area (Å²) >= 11 is 5.85. The fourth-order valence-electron chi connectivity index (χ4n) is 2.93. The van der Waals surface area contributed by atoms with Gasteiger partial charge in [0.1, 0.15) is 0 Å². The molecule has 1 atom stereocenters. The minimum absolute atomic E-state index is 0.00716. The molecule has 0 saturated heterocycles. The van der Waals surface area contributed by atoms with Gasteiger partial charge in [-0.05, 0) is 30.7 Å². The first-order valence-electron chi connectivity index (χ1n) is 8.45. The van der Waals surface area contributed by atoms with Crippen LogP contribution in [0.2, 0.25) is 5.02 Å². The standard InChI is InChI=1S/C19H19ClF5NO/c1-2-3-8-26(9-10-27)19(11-4-6-12(20)7-5-11)13-14(21)16(23)18(25)17(24)15(13)22/h4-7,19,27H,2-3,8-10H2,1H3/t19-/m0/s1. The van der Waals surface area contributed by atoms with Gasteiger partial charge in [-0.25, -0.2) is 22.0 Å². The molecular formula is C19H19ClF5NO. The summed E-state index contributed by atoms with van der Waals surface area (Å²) in [4.78, 5) is 1.49. The SMILES string of the molecule is CCCCN(CCO)[C@@H](c1ccc(Cl)cc1)c1c(F)c(F)c(F)c(F)c1F. The molecule has 0 spiro atoms. The topological polar surface area (TPSA) is 23.5 Å². The van der Waals surface area contributed by atoms with Crippen LogP contribution in [0.15, 0.2) is 24.3 Å².